The van der Waals surface area contributed by atoms with E-state index in [0.717, 1.165) is 0 Å². The summed E-state index contributed by atoms with van der Waals surface area (Å²) in [4.78, 5) is 31.0. The van der Waals surface area contributed by atoms with E-state index in [0.29, 0.717) is 0 Å². The second kappa shape index (κ2) is 6.66. The second-order valence-electron chi connectivity index (χ2n) is 3.80. The third-order valence-corrected chi connectivity index (χ3v) is 3.48. The summed E-state index contributed by atoms with van der Waals surface area (Å²) in [6.07, 6.45) is 0.243. The molecule has 5 nitrogen and oxygen atoms in total. The van der Waals surface area contributed by atoms with Gasteiger partial charge in [-0.15, -0.1) is 0 Å². The maximum atomic E-state index is 12.2. The van der Waals surface area contributed by atoms with Gasteiger partial charge in [-0.3, -0.25) is 9.36 Å². The molecule has 0 aliphatic rings. The molecule has 1 aromatic carbocycles. The summed E-state index contributed by atoms with van der Waals surface area (Å²) in [7, 11) is -4.69. The topological polar surface area (TPSA) is 83.8 Å². The predicted octanol–water partition coefficient (Wildman–Crippen LogP) is 2.71. The van der Waals surface area contributed by atoms with E-state index in [4.69, 9.17) is 4.74 Å². The maximum absolute atomic E-state index is 12.2. The molecular weight excluding hydrogens is 267 g/mol. The van der Waals surface area contributed by atoms with Gasteiger partial charge in [0.2, 0.25) is 5.78 Å². The zero-order chi connectivity index (χ0) is 14.5. The monoisotopic (exact) mass is 284 g/mol. The molecule has 2 N–H and O–H groups in total. The van der Waals surface area contributed by atoms with Crippen molar-refractivity contribution in [2.45, 2.75) is 20.3 Å². The van der Waals surface area contributed by atoms with Crippen molar-refractivity contribution in [2.24, 2.45) is 0 Å². The standard InChI is InChI=1S/C13H17O5P/c1-3-11(18-4-2)13(19(15,16)17)12(14)10-8-6-5-7-9-10/h5-9H,3-4H2,1-2H3,(H2,15,16,17). The first-order valence-corrected chi connectivity index (χ1v) is 7.54. The minimum atomic E-state index is -4.69. The van der Waals surface area contributed by atoms with Crippen molar-refractivity contribution >= 4 is 13.4 Å². The Bertz CT molecular complexity index is 515. The molecule has 0 atom stereocenters. The van der Waals surface area contributed by atoms with E-state index < -0.39 is 18.7 Å². The molecule has 0 spiro atoms. The van der Waals surface area contributed by atoms with Gasteiger partial charge in [0, 0.05) is 12.0 Å². The molecule has 0 heterocycles. The number of Topliss-reactive ketones (excluding diaryl/α,β-unsaturated/α-hetero) is 1. The minimum Gasteiger partial charge on any atom is -0.497 e. The molecule has 6 heteroatoms. The number of carbonyl (C=O) groups is 1. The number of benzene rings is 1. The quantitative estimate of drug-likeness (QED) is 0.363. The van der Waals surface area contributed by atoms with Gasteiger partial charge >= 0.3 is 7.60 Å². The van der Waals surface area contributed by atoms with Gasteiger partial charge in [0.1, 0.15) is 11.1 Å². The Morgan fingerprint density at radius 3 is 2.21 bits per heavy atom. The number of ether oxygens (including phenoxy) is 1. The van der Waals surface area contributed by atoms with Gasteiger partial charge in [-0.05, 0) is 6.92 Å². The van der Waals surface area contributed by atoms with Crippen molar-refractivity contribution in [3.8, 4) is 0 Å². The Kier molecular flexibility index (Phi) is 5.48. The number of hydrogen-bond donors (Lipinski definition) is 2. The Morgan fingerprint density at radius 2 is 1.79 bits per heavy atom. The van der Waals surface area contributed by atoms with Gasteiger partial charge in [0.25, 0.3) is 0 Å². The normalized spacial score (nSPS) is 12.8. The van der Waals surface area contributed by atoms with E-state index in [9.17, 15) is 19.1 Å². The first-order valence-electron chi connectivity index (χ1n) is 5.93. The van der Waals surface area contributed by atoms with Crippen LogP contribution in [0.1, 0.15) is 30.6 Å². The molecule has 104 valence electrons. The molecule has 0 radical (unpaired) electrons. The van der Waals surface area contributed by atoms with Crippen LogP contribution in [-0.4, -0.2) is 22.2 Å². The van der Waals surface area contributed by atoms with Crippen LogP contribution >= 0.6 is 7.60 Å². The van der Waals surface area contributed by atoms with Crippen LogP contribution in [0, 0.1) is 0 Å². The fourth-order valence-electron chi connectivity index (χ4n) is 1.66. The number of allylic oxidation sites excluding steroid dienone is 2. The van der Waals surface area contributed by atoms with Gasteiger partial charge in [-0.1, -0.05) is 37.3 Å². The van der Waals surface area contributed by atoms with Crippen LogP contribution in [0.25, 0.3) is 0 Å². The molecule has 0 fully saturated rings. The van der Waals surface area contributed by atoms with Crippen molar-refractivity contribution in [1.82, 2.24) is 0 Å². The molecule has 19 heavy (non-hydrogen) atoms. The third-order valence-electron chi connectivity index (χ3n) is 2.45. The average Bonchev–Trinajstić information content (AvgIpc) is 2.37. The van der Waals surface area contributed by atoms with Crippen LogP contribution in [0.3, 0.4) is 0 Å². The summed E-state index contributed by atoms with van der Waals surface area (Å²) in [6.45, 7) is 3.62. The first kappa shape index (κ1) is 15.6. The Morgan fingerprint density at radius 1 is 1.21 bits per heavy atom. The van der Waals surface area contributed by atoms with E-state index in [1.54, 1.807) is 32.0 Å². The Labute approximate surface area is 112 Å². The molecule has 0 aliphatic heterocycles. The van der Waals surface area contributed by atoms with E-state index in [1.807, 2.05) is 0 Å². The number of rotatable bonds is 6. The summed E-state index contributed by atoms with van der Waals surface area (Å²) in [5.74, 6) is -0.649. The molecule has 1 aromatic rings. The van der Waals surface area contributed by atoms with Crippen LogP contribution in [0.4, 0.5) is 0 Å². The highest BCUT2D eigenvalue weighted by Gasteiger charge is 2.33. The van der Waals surface area contributed by atoms with Crippen LogP contribution < -0.4 is 0 Å². The summed E-state index contributed by atoms with van der Waals surface area (Å²) in [5, 5.41) is -0.553. The Balaban J connectivity index is 3.34. The minimum absolute atomic E-state index is 0.0460. The predicted molar refractivity (Wildman–Crippen MR) is 71.8 cm³/mol. The lowest BCUT2D eigenvalue weighted by atomic mass is 10.1. The fraction of sp³-hybridized carbons (Fsp3) is 0.308. The van der Waals surface area contributed by atoms with Crippen LogP contribution in [0.2, 0.25) is 0 Å². The lowest BCUT2D eigenvalue weighted by Crippen LogP contribution is -2.09. The molecule has 0 bridgehead atoms. The molecular formula is C13H17O5P. The highest BCUT2D eigenvalue weighted by Crippen LogP contribution is 2.48. The highest BCUT2D eigenvalue weighted by molar-refractivity contribution is 7.58. The fourth-order valence-corrected chi connectivity index (χ4v) is 2.60. The Hall–Kier alpha value is -1.42. The van der Waals surface area contributed by atoms with Crippen molar-refractivity contribution in [3.05, 3.63) is 47.0 Å². The van der Waals surface area contributed by atoms with Crippen molar-refractivity contribution in [3.63, 3.8) is 0 Å². The third kappa shape index (κ3) is 4.03. The number of ketones is 1. The zero-order valence-corrected chi connectivity index (χ0v) is 11.8. The van der Waals surface area contributed by atoms with Crippen LogP contribution in [0.15, 0.2) is 41.4 Å². The number of hydrogen-bond acceptors (Lipinski definition) is 3. The maximum Gasteiger partial charge on any atom is 0.363 e. The highest BCUT2D eigenvalue weighted by atomic mass is 31.2. The second-order valence-corrected chi connectivity index (χ2v) is 5.33. The SMILES string of the molecule is CCOC(CC)=C(C(=O)c1ccccc1)P(=O)(O)O. The molecule has 0 aromatic heterocycles. The summed E-state index contributed by atoms with van der Waals surface area (Å²) in [5.41, 5.74) is 0.228. The summed E-state index contributed by atoms with van der Waals surface area (Å²) in [6, 6.07) is 8.02. The van der Waals surface area contributed by atoms with Crippen molar-refractivity contribution in [2.75, 3.05) is 6.61 Å². The van der Waals surface area contributed by atoms with Gasteiger partial charge in [0.05, 0.1) is 6.61 Å². The van der Waals surface area contributed by atoms with Gasteiger partial charge in [-0.25, -0.2) is 0 Å². The lowest BCUT2D eigenvalue weighted by Gasteiger charge is -2.14. The molecule has 0 aliphatic carbocycles. The zero-order valence-electron chi connectivity index (χ0n) is 10.9. The molecule has 0 amide bonds. The van der Waals surface area contributed by atoms with Crippen molar-refractivity contribution < 1.29 is 23.9 Å². The molecule has 0 saturated heterocycles. The summed E-state index contributed by atoms with van der Waals surface area (Å²) < 4.78 is 16.7. The van der Waals surface area contributed by atoms with Crippen LogP contribution in [-0.2, 0) is 9.30 Å². The summed E-state index contributed by atoms with van der Waals surface area (Å²) >= 11 is 0. The van der Waals surface area contributed by atoms with Gasteiger partial charge in [0.15, 0.2) is 0 Å². The molecule has 1 rings (SSSR count). The largest absolute Gasteiger partial charge is 0.497 e. The van der Waals surface area contributed by atoms with E-state index >= 15 is 0 Å². The van der Waals surface area contributed by atoms with Gasteiger partial charge < -0.3 is 14.5 Å². The van der Waals surface area contributed by atoms with Crippen molar-refractivity contribution in [1.29, 1.82) is 0 Å². The van der Waals surface area contributed by atoms with Gasteiger partial charge in [-0.2, -0.15) is 0 Å². The smallest absolute Gasteiger partial charge is 0.363 e. The lowest BCUT2D eigenvalue weighted by molar-refractivity contribution is 0.102. The molecule has 0 saturated carbocycles. The molecule has 0 unspecified atom stereocenters. The first-order chi connectivity index (χ1) is 8.91. The van der Waals surface area contributed by atoms with E-state index in [1.165, 1.54) is 12.1 Å². The van der Waals surface area contributed by atoms with E-state index in [-0.39, 0.29) is 24.4 Å². The van der Waals surface area contributed by atoms with Crippen LogP contribution in [0.5, 0.6) is 0 Å². The number of carbonyl (C=O) groups excluding carboxylic acids is 1. The average molecular weight is 284 g/mol. The van der Waals surface area contributed by atoms with E-state index in [2.05, 4.69) is 0 Å².